The van der Waals surface area contributed by atoms with Crippen molar-refractivity contribution in [3.05, 3.63) is 77.0 Å². The third-order valence-corrected chi connectivity index (χ3v) is 5.10. The highest BCUT2D eigenvalue weighted by Crippen LogP contribution is 2.31. The third-order valence-electron chi connectivity index (χ3n) is 5.10. The third kappa shape index (κ3) is 3.82. The topological polar surface area (TPSA) is 94.6 Å². The maximum atomic E-state index is 12.9. The average molecular weight is 402 g/mol. The summed E-state index contributed by atoms with van der Waals surface area (Å²) in [6.07, 6.45) is 1.49. The zero-order valence-electron chi connectivity index (χ0n) is 16.8. The number of phenols is 1. The molecule has 4 rings (SSSR count). The lowest BCUT2D eigenvalue weighted by Crippen LogP contribution is -2.40. The van der Waals surface area contributed by atoms with E-state index in [2.05, 4.69) is 15.6 Å². The van der Waals surface area contributed by atoms with Gasteiger partial charge >= 0.3 is 0 Å². The summed E-state index contributed by atoms with van der Waals surface area (Å²) in [6.45, 7) is 4.13. The number of carbonyl (C=O) groups excluding carboxylic acids is 2. The number of aromatic nitrogens is 1. The lowest BCUT2D eigenvalue weighted by molar-refractivity contribution is -0.117. The molecule has 0 saturated carbocycles. The summed E-state index contributed by atoms with van der Waals surface area (Å²) < 4.78 is 0. The van der Waals surface area contributed by atoms with Crippen LogP contribution < -0.4 is 15.5 Å². The number of nitrogens with one attached hydrogen (secondary N) is 2. The fourth-order valence-corrected chi connectivity index (χ4v) is 3.38. The number of phenolic OH excluding ortho intramolecular Hbond substituents is 1. The van der Waals surface area contributed by atoms with Gasteiger partial charge in [-0.15, -0.1) is 0 Å². The van der Waals surface area contributed by atoms with E-state index in [-0.39, 0.29) is 24.1 Å². The first-order valence-electron chi connectivity index (χ1n) is 9.62. The summed E-state index contributed by atoms with van der Waals surface area (Å²) in [7, 11) is 0. The summed E-state index contributed by atoms with van der Waals surface area (Å²) >= 11 is 0. The summed E-state index contributed by atoms with van der Waals surface area (Å²) in [5.74, 6) is 0.327. The van der Waals surface area contributed by atoms with Crippen molar-refractivity contribution in [3.63, 3.8) is 0 Å². The number of hydrogen-bond acceptors (Lipinski definition) is 5. The van der Waals surface area contributed by atoms with Crippen molar-refractivity contribution in [2.45, 2.75) is 20.4 Å². The molecular formula is C23H22N4O3. The van der Waals surface area contributed by atoms with Gasteiger partial charge in [0.25, 0.3) is 5.91 Å². The van der Waals surface area contributed by atoms with Crippen molar-refractivity contribution in [3.8, 4) is 5.75 Å². The van der Waals surface area contributed by atoms with Gasteiger partial charge in [-0.2, -0.15) is 0 Å². The molecular weight excluding hydrogens is 380 g/mol. The fourth-order valence-electron chi connectivity index (χ4n) is 3.38. The normalized spacial score (nSPS) is 12.9. The number of carbonyl (C=O) groups is 2. The van der Waals surface area contributed by atoms with Gasteiger partial charge in [0.05, 0.1) is 24.3 Å². The molecule has 1 aliphatic rings. The van der Waals surface area contributed by atoms with Crippen LogP contribution in [0.3, 0.4) is 0 Å². The standard InChI is InChI=1S/C23H22N4O3/c1-14-9-20(28)15(2)8-18(14)26-23(30)17-10-19-22(24-11-17)25-12-21(29)27(19)13-16-6-4-3-5-7-16/h3-11,28H,12-13H2,1-2H3,(H,24,25)(H,26,30). The van der Waals surface area contributed by atoms with Crippen molar-refractivity contribution >= 4 is 29.0 Å². The van der Waals surface area contributed by atoms with Crippen LogP contribution in [0.25, 0.3) is 0 Å². The van der Waals surface area contributed by atoms with Gasteiger partial charge in [0.2, 0.25) is 5.91 Å². The quantitative estimate of drug-likeness (QED) is 0.580. The van der Waals surface area contributed by atoms with Gasteiger partial charge in [0.1, 0.15) is 5.75 Å². The highest BCUT2D eigenvalue weighted by molar-refractivity contribution is 6.07. The van der Waals surface area contributed by atoms with E-state index >= 15 is 0 Å². The van der Waals surface area contributed by atoms with E-state index in [9.17, 15) is 14.7 Å². The fraction of sp³-hybridized carbons (Fsp3) is 0.174. The second kappa shape index (κ2) is 7.87. The number of aromatic hydroxyl groups is 1. The van der Waals surface area contributed by atoms with Gasteiger partial charge in [-0.3, -0.25) is 9.59 Å². The second-order valence-electron chi connectivity index (χ2n) is 7.32. The highest BCUT2D eigenvalue weighted by Gasteiger charge is 2.26. The smallest absolute Gasteiger partial charge is 0.257 e. The number of hydrogen-bond donors (Lipinski definition) is 3. The molecule has 1 aromatic heterocycles. The van der Waals surface area contributed by atoms with E-state index < -0.39 is 0 Å². The lowest BCUT2D eigenvalue weighted by Gasteiger charge is -2.29. The van der Waals surface area contributed by atoms with Crippen molar-refractivity contribution in [1.29, 1.82) is 0 Å². The second-order valence-corrected chi connectivity index (χ2v) is 7.32. The number of fused-ring (bicyclic) bond motifs is 1. The SMILES string of the molecule is Cc1cc(NC(=O)c2cnc3c(c2)N(Cc2ccccc2)C(=O)CN3)c(C)cc1O. The molecule has 0 fully saturated rings. The van der Waals surface area contributed by atoms with Crippen LogP contribution in [0.2, 0.25) is 0 Å². The first kappa shape index (κ1) is 19.4. The Kier molecular flexibility index (Phi) is 5.10. The molecule has 2 aromatic carbocycles. The van der Waals surface area contributed by atoms with Crippen LogP contribution in [0, 0.1) is 13.8 Å². The summed E-state index contributed by atoms with van der Waals surface area (Å²) in [4.78, 5) is 31.4. The van der Waals surface area contributed by atoms with Gasteiger partial charge in [-0.1, -0.05) is 30.3 Å². The van der Waals surface area contributed by atoms with Crippen LogP contribution in [0.1, 0.15) is 27.0 Å². The summed E-state index contributed by atoms with van der Waals surface area (Å²) in [5.41, 5.74) is 3.94. The predicted octanol–water partition coefficient (Wildman–Crippen LogP) is 3.62. The molecule has 0 radical (unpaired) electrons. The zero-order valence-corrected chi connectivity index (χ0v) is 16.8. The number of amides is 2. The van der Waals surface area contributed by atoms with Crippen LogP contribution in [0.5, 0.6) is 5.75 Å². The van der Waals surface area contributed by atoms with E-state index in [1.807, 2.05) is 37.3 Å². The van der Waals surface area contributed by atoms with Gasteiger partial charge < -0.3 is 20.6 Å². The molecule has 0 unspecified atom stereocenters. The van der Waals surface area contributed by atoms with Crippen molar-refractivity contribution in [2.24, 2.45) is 0 Å². The van der Waals surface area contributed by atoms with E-state index in [0.29, 0.717) is 34.9 Å². The van der Waals surface area contributed by atoms with Crippen LogP contribution >= 0.6 is 0 Å². The number of pyridine rings is 1. The van der Waals surface area contributed by atoms with Crippen LogP contribution in [0.4, 0.5) is 17.2 Å². The predicted molar refractivity (Wildman–Crippen MR) is 116 cm³/mol. The Labute approximate surface area is 174 Å². The molecule has 152 valence electrons. The van der Waals surface area contributed by atoms with E-state index in [0.717, 1.165) is 11.1 Å². The summed E-state index contributed by atoms with van der Waals surface area (Å²) in [5, 5.41) is 15.7. The largest absolute Gasteiger partial charge is 0.508 e. The van der Waals surface area contributed by atoms with E-state index in [1.165, 1.54) is 6.20 Å². The van der Waals surface area contributed by atoms with Gasteiger partial charge in [-0.25, -0.2) is 4.98 Å². The Balaban J connectivity index is 1.63. The number of rotatable bonds is 4. The maximum Gasteiger partial charge on any atom is 0.257 e. The van der Waals surface area contributed by atoms with Crippen LogP contribution in [-0.2, 0) is 11.3 Å². The maximum absolute atomic E-state index is 12.9. The Morgan fingerprint density at radius 1 is 1.17 bits per heavy atom. The molecule has 1 aliphatic heterocycles. The minimum absolute atomic E-state index is 0.0873. The highest BCUT2D eigenvalue weighted by atomic mass is 16.3. The minimum Gasteiger partial charge on any atom is -0.508 e. The summed E-state index contributed by atoms with van der Waals surface area (Å²) in [6, 6.07) is 14.7. The Morgan fingerprint density at radius 3 is 2.70 bits per heavy atom. The molecule has 30 heavy (non-hydrogen) atoms. The Hall–Kier alpha value is -3.87. The number of benzene rings is 2. The zero-order chi connectivity index (χ0) is 21.3. The Morgan fingerprint density at radius 2 is 1.93 bits per heavy atom. The van der Waals surface area contributed by atoms with Crippen LogP contribution in [0.15, 0.2) is 54.7 Å². The Bertz CT molecular complexity index is 1130. The molecule has 0 bridgehead atoms. The molecule has 7 heteroatoms. The molecule has 7 nitrogen and oxygen atoms in total. The van der Waals surface area contributed by atoms with Gasteiger partial charge in [-0.05, 0) is 48.7 Å². The number of anilines is 3. The van der Waals surface area contributed by atoms with Crippen molar-refractivity contribution in [2.75, 3.05) is 22.1 Å². The molecule has 0 aliphatic carbocycles. The molecule has 3 aromatic rings. The molecule has 0 spiro atoms. The number of aryl methyl sites for hydroxylation is 2. The number of nitrogens with zero attached hydrogens (tertiary/aromatic N) is 2. The van der Waals surface area contributed by atoms with Gasteiger partial charge in [0, 0.05) is 11.9 Å². The van der Waals surface area contributed by atoms with Crippen molar-refractivity contribution in [1.82, 2.24) is 4.98 Å². The molecule has 0 atom stereocenters. The van der Waals surface area contributed by atoms with E-state index in [1.54, 1.807) is 30.0 Å². The van der Waals surface area contributed by atoms with Crippen LogP contribution in [-0.4, -0.2) is 28.4 Å². The molecule has 2 heterocycles. The first-order valence-corrected chi connectivity index (χ1v) is 9.62. The first-order chi connectivity index (χ1) is 14.4. The monoisotopic (exact) mass is 402 g/mol. The van der Waals surface area contributed by atoms with E-state index in [4.69, 9.17) is 0 Å². The van der Waals surface area contributed by atoms with Crippen molar-refractivity contribution < 1.29 is 14.7 Å². The molecule has 3 N–H and O–H groups in total. The lowest BCUT2D eigenvalue weighted by atomic mass is 10.1. The molecule has 2 amide bonds. The minimum atomic E-state index is -0.337. The van der Waals surface area contributed by atoms with Gasteiger partial charge in [0.15, 0.2) is 5.82 Å². The molecule has 0 saturated heterocycles. The average Bonchev–Trinajstić information content (AvgIpc) is 2.74.